The second kappa shape index (κ2) is 6.61. The van der Waals surface area contributed by atoms with Crippen LogP contribution in [0.5, 0.6) is 11.5 Å². The third-order valence-corrected chi connectivity index (χ3v) is 7.47. The molecule has 5 nitrogen and oxygen atoms in total. The fraction of sp³-hybridized carbons (Fsp3) is 0.583. The van der Waals surface area contributed by atoms with Gasteiger partial charge in [0.2, 0.25) is 0 Å². The smallest absolute Gasteiger partial charge is 0.342 e. The average Bonchev–Trinajstić information content (AvgIpc) is 2.94. The molecule has 0 bridgehead atoms. The molecule has 5 heteroatoms. The zero-order valence-corrected chi connectivity index (χ0v) is 17.9. The predicted octanol–water partition coefficient (Wildman–Crippen LogP) is 4.60. The molecule has 0 aliphatic heterocycles. The van der Waals surface area contributed by atoms with E-state index in [1.165, 1.54) is 13.2 Å². The van der Waals surface area contributed by atoms with Crippen LogP contribution in [0.1, 0.15) is 62.4 Å². The number of hydrogen-bond donors (Lipinski definition) is 1. The van der Waals surface area contributed by atoms with Crippen molar-refractivity contribution in [2.24, 2.45) is 22.7 Å². The molecule has 1 N–H and O–H groups in total. The van der Waals surface area contributed by atoms with Crippen molar-refractivity contribution >= 4 is 12.3 Å². The van der Waals surface area contributed by atoms with E-state index in [4.69, 9.17) is 9.47 Å². The van der Waals surface area contributed by atoms with Gasteiger partial charge in [-0.2, -0.15) is 0 Å². The van der Waals surface area contributed by atoms with Crippen molar-refractivity contribution in [3.8, 4) is 11.5 Å². The fourth-order valence-electron chi connectivity index (χ4n) is 6.33. The summed E-state index contributed by atoms with van der Waals surface area (Å²) in [6.07, 6.45) is 4.37. The summed E-state index contributed by atoms with van der Waals surface area (Å²) in [6.45, 7) is 8.58. The molecule has 3 aliphatic rings. The summed E-state index contributed by atoms with van der Waals surface area (Å²) < 4.78 is 11.0. The Balaban J connectivity index is 1.60. The van der Waals surface area contributed by atoms with E-state index in [0.717, 1.165) is 43.1 Å². The molecule has 156 valence electrons. The topological polar surface area (TPSA) is 72.8 Å². The molecule has 0 heterocycles. The van der Waals surface area contributed by atoms with Crippen LogP contribution in [-0.2, 0) is 9.53 Å². The molecule has 0 amide bonds. The Bertz CT molecular complexity index is 889. The molecule has 0 unspecified atom stereocenters. The van der Waals surface area contributed by atoms with Crippen LogP contribution >= 0.6 is 0 Å². The number of aldehydes is 1. The molecule has 1 aromatic rings. The van der Waals surface area contributed by atoms with Crippen LogP contribution in [0.25, 0.3) is 0 Å². The van der Waals surface area contributed by atoms with Crippen LogP contribution in [0.2, 0.25) is 0 Å². The van der Waals surface area contributed by atoms with Gasteiger partial charge in [0, 0.05) is 6.07 Å². The Morgan fingerprint density at radius 3 is 2.55 bits per heavy atom. The number of carbonyl (C=O) groups is 2. The van der Waals surface area contributed by atoms with Gasteiger partial charge in [0.05, 0.1) is 7.11 Å². The van der Waals surface area contributed by atoms with Gasteiger partial charge in [-0.3, -0.25) is 4.79 Å². The molecule has 2 saturated carbocycles. The molecular weight excluding hydrogens is 368 g/mol. The van der Waals surface area contributed by atoms with E-state index in [1.807, 2.05) is 0 Å². The maximum absolute atomic E-state index is 12.9. The van der Waals surface area contributed by atoms with Crippen LogP contribution in [0.4, 0.5) is 0 Å². The quantitative estimate of drug-likeness (QED) is 0.593. The van der Waals surface area contributed by atoms with Gasteiger partial charge in [0.1, 0.15) is 29.5 Å². The van der Waals surface area contributed by atoms with Crippen LogP contribution in [0.3, 0.4) is 0 Å². The monoisotopic (exact) mass is 398 g/mol. The second-order valence-corrected chi connectivity index (χ2v) is 10.1. The van der Waals surface area contributed by atoms with E-state index >= 15 is 0 Å². The first kappa shape index (κ1) is 20.0. The summed E-state index contributed by atoms with van der Waals surface area (Å²) in [4.78, 5) is 24.7. The van der Waals surface area contributed by atoms with Gasteiger partial charge in [-0.15, -0.1) is 0 Å². The van der Waals surface area contributed by atoms with Crippen LogP contribution < -0.4 is 4.74 Å². The molecule has 0 radical (unpaired) electrons. The molecular formula is C24H30O5. The van der Waals surface area contributed by atoms with E-state index in [-0.39, 0.29) is 22.1 Å². The molecule has 1 aromatic carbocycles. The van der Waals surface area contributed by atoms with Crippen LogP contribution in [-0.4, -0.2) is 30.6 Å². The number of methoxy groups -OCH3 is 1. The van der Waals surface area contributed by atoms with Gasteiger partial charge in [-0.05, 0) is 78.0 Å². The minimum absolute atomic E-state index is 0.0745. The number of esters is 1. The van der Waals surface area contributed by atoms with Crippen molar-refractivity contribution in [1.82, 2.24) is 0 Å². The van der Waals surface area contributed by atoms with Crippen molar-refractivity contribution in [2.45, 2.75) is 59.5 Å². The number of allylic oxidation sites excluding steroid dienone is 1. The number of phenolic OH excluding ortho intramolecular Hbond substituents is 1. The summed E-state index contributed by atoms with van der Waals surface area (Å²) in [5.74, 6) is 0.841. The van der Waals surface area contributed by atoms with Crippen molar-refractivity contribution in [3.05, 3.63) is 34.4 Å². The van der Waals surface area contributed by atoms with Gasteiger partial charge in [-0.25, -0.2) is 4.79 Å². The Hall–Kier alpha value is -2.30. The number of rotatable bonds is 4. The SMILES string of the molecule is COc1cc(C)c(C(=O)O[C@@H]2C[C@@]3(C)C2=C(C=O)C[C@@H]2CC(C)(C)C[C@@H]23)c(O)c1. The number of ether oxygens (including phenoxy) is 2. The largest absolute Gasteiger partial charge is 0.507 e. The highest BCUT2D eigenvalue weighted by molar-refractivity contribution is 5.94. The first-order chi connectivity index (χ1) is 13.6. The molecule has 4 atom stereocenters. The number of carbonyl (C=O) groups excluding carboxylic acids is 2. The van der Waals surface area contributed by atoms with Gasteiger partial charge in [0.15, 0.2) is 0 Å². The van der Waals surface area contributed by atoms with E-state index in [0.29, 0.717) is 23.1 Å². The molecule has 3 aliphatic carbocycles. The normalized spacial score (nSPS) is 32.1. The van der Waals surface area contributed by atoms with Gasteiger partial charge >= 0.3 is 5.97 Å². The van der Waals surface area contributed by atoms with Gasteiger partial charge < -0.3 is 14.6 Å². The Morgan fingerprint density at radius 2 is 1.93 bits per heavy atom. The number of aryl methyl sites for hydroxylation is 1. The molecule has 4 rings (SSSR count). The average molecular weight is 398 g/mol. The molecule has 0 aromatic heterocycles. The lowest BCUT2D eigenvalue weighted by Crippen LogP contribution is -2.53. The lowest BCUT2D eigenvalue weighted by molar-refractivity contribution is -0.106. The maximum atomic E-state index is 12.9. The Labute approximate surface area is 172 Å². The van der Waals surface area contributed by atoms with E-state index < -0.39 is 12.1 Å². The van der Waals surface area contributed by atoms with Crippen LogP contribution in [0, 0.1) is 29.6 Å². The minimum atomic E-state index is -0.554. The molecule has 2 fully saturated rings. The Morgan fingerprint density at radius 1 is 1.21 bits per heavy atom. The summed E-state index contributed by atoms with van der Waals surface area (Å²) in [5, 5.41) is 10.3. The van der Waals surface area contributed by atoms with E-state index in [1.54, 1.807) is 13.0 Å². The zero-order chi connectivity index (χ0) is 21.1. The lowest BCUT2D eigenvalue weighted by Gasteiger charge is -2.56. The molecule has 0 spiro atoms. The highest BCUT2D eigenvalue weighted by atomic mass is 16.5. The lowest BCUT2D eigenvalue weighted by atomic mass is 9.50. The van der Waals surface area contributed by atoms with Crippen molar-refractivity contribution in [1.29, 1.82) is 0 Å². The first-order valence-electron chi connectivity index (χ1n) is 10.4. The predicted molar refractivity (Wildman–Crippen MR) is 109 cm³/mol. The van der Waals surface area contributed by atoms with E-state index in [9.17, 15) is 14.7 Å². The van der Waals surface area contributed by atoms with E-state index in [2.05, 4.69) is 20.8 Å². The second-order valence-electron chi connectivity index (χ2n) is 10.1. The maximum Gasteiger partial charge on any atom is 0.342 e. The van der Waals surface area contributed by atoms with Crippen molar-refractivity contribution in [2.75, 3.05) is 7.11 Å². The summed E-state index contributed by atoms with van der Waals surface area (Å²) in [5.41, 5.74) is 2.78. The highest BCUT2D eigenvalue weighted by Crippen LogP contribution is 2.66. The Kier molecular flexibility index (Phi) is 4.56. The standard InChI is InChI=1S/C24H30O5/c1-13-6-16(28-5)8-18(26)20(13)22(27)29-19-11-24(4)17-10-23(2,3)9-14(17)7-15(12-25)21(19)24/h6,8,12,14,17,19,26H,7,9-11H2,1-5H3/t14-,17+,19-,24-/m1/s1. The number of hydrogen-bond acceptors (Lipinski definition) is 5. The highest BCUT2D eigenvalue weighted by Gasteiger charge is 2.61. The number of fused-ring (bicyclic) bond motifs is 3. The zero-order valence-electron chi connectivity index (χ0n) is 17.9. The summed E-state index contributed by atoms with van der Waals surface area (Å²) >= 11 is 0. The number of aromatic hydroxyl groups is 1. The third-order valence-electron chi connectivity index (χ3n) is 7.47. The molecule has 29 heavy (non-hydrogen) atoms. The fourth-order valence-corrected chi connectivity index (χ4v) is 6.33. The van der Waals surface area contributed by atoms with Gasteiger partial charge in [0.25, 0.3) is 0 Å². The summed E-state index contributed by atoms with van der Waals surface area (Å²) in [7, 11) is 1.51. The number of phenols is 1. The number of benzene rings is 1. The first-order valence-corrected chi connectivity index (χ1v) is 10.4. The minimum Gasteiger partial charge on any atom is -0.507 e. The summed E-state index contributed by atoms with van der Waals surface area (Å²) in [6, 6.07) is 3.11. The van der Waals surface area contributed by atoms with Gasteiger partial charge in [-0.1, -0.05) is 20.8 Å². The third kappa shape index (κ3) is 3.06. The molecule has 0 saturated heterocycles. The van der Waals surface area contributed by atoms with Crippen LogP contribution in [0.15, 0.2) is 23.3 Å². The van der Waals surface area contributed by atoms with Crippen molar-refractivity contribution < 1.29 is 24.2 Å². The van der Waals surface area contributed by atoms with Crippen molar-refractivity contribution in [3.63, 3.8) is 0 Å².